The summed E-state index contributed by atoms with van der Waals surface area (Å²) in [5.74, 6) is 0. The van der Waals surface area contributed by atoms with E-state index in [1.54, 1.807) is 51.4 Å². The minimum atomic E-state index is -3.64. The van der Waals surface area contributed by atoms with Gasteiger partial charge in [-0.15, -0.1) is 0 Å². The van der Waals surface area contributed by atoms with Crippen molar-refractivity contribution in [3.05, 3.63) is 58.9 Å². The number of benzene rings is 1. The van der Waals surface area contributed by atoms with E-state index in [1.165, 1.54) is 6.07 Å². The lowest BCUT2D eigenvalue weighted by atomic mass is 9.98. The Balaban J connectivity index is 2.35. The summed E-state index contributed by atoms with van der Waals surface area (Å²) in [6.07, 6.45) is 3.30. The highest BCUT2D eigenvalue weighted by molar-refractivity contribution is 7.89. The molecule has 21 heavy (non-hydrogen) atoms. The first kappa shape index (κ1) is 15.9. The van der Waals surface area contributed by atoms with Gasteiger partial charge in [0.1, 0.15) is 0 Å². The second kappa shape index (κ2) is 5.75. The quantitative estimate of drug-likeness (QED) is 0.939. The molecule has 0 aliphatic rings. The van der Waals surface area contributed by atoms with Crippen molar-refractivity contribution in [3.63, 3.8) is 0 Å². The van der Waals surface area contributed by atoms with E-state index < -0.39 is 15.6 Å². The summed E-state index contributed by atoms with van der Waals surface area (Å²) < 4.78 is 27.7. The molecule has 0 fully saturated rings. The first-order valence-corrected chi connectivity index (χ1v) is 8.29. The van der Waals surface area contributed by atoms with Gasteiger partial charge in [-0.05, 0) is 56.2 Å². The summed E-state index contributed by atoms with van der Waals surface area (Å²) in [6.45, 7) is 5.36. The Hall–Kier alpha value is -1.43. The van der Waals surface area contributed by atoms with Gasteiger partial charge in [0.25, 0.3) is 0 Å². The Morgan fingerprint density at radius 1 is 1.24 bits per heavy atom. The van der Waals surface area contributed by atoms with E-state index in [-0.39, 0.29) is 4.90 Å². The van der Waals surface area contributed by atoms with Crippen LogP contribution in [0.5, 0.6) is 0 Å². The van der Waals surface area contributed by atoms with Crippen molar-refractivity contribution < 1.29 is 8.42 Å². The number of nitrogens with zero attached hydrogens (tertiary/aromatic N) is 1. The Morgan fingerprint density at radius 2 is 1.95 bits per heavy atom. The summed E-state index contributed by atoms with van der Waals surface area (Å²) in [5, 5.41) is 0.542. The molecule has 0 bridgehead atoms. The second-order valence-electron chi connectivity index (χ2n) is 5.38. The Morgan fingerprint density at radius 3 is 2.52 bits per heavy atom. The zero-order chi connectivity index (χ0) is 15.7. The largest absolute Gasteiger partial charge is 0.264 e. The molecule has 1 aromatic heterocycles. The van der Waals surface area contributed by atoms with Gasteiger partial charge in [0.2, 0.25) is 10.0 Å². The number of hydrogen-bond donors (Lipinski definition) is 1. The summed E-state index contributed by atoms with van der Waals surface area (Å²) >= 11 is 5.94. The maximum atomic E-state index is 12.5. The van der Waals surface area contributed by atoms with Gasteiger partial charge in [-0.25, -0.2) is 13.1 Å². The van der Waals surface area contributed by atoms with E-state index in [2.05, 4.69) is 9.71 Å². The molecule has 2 aromatic rings. The fourth-order valence-corrected chi connectivity index (χ4v) is 3.57. The maximum Gasteiger partial charge on any atom is 0.241 e. The van der Waals surface area contributed by atoms with Crippen molar-refractivity contribution in [2.75, 3.05) is 0 Å². The monoisotopic (exact) mass is 324 g/mol. The standard InChI is InChI=1S/C15H17ClN2O2S/c1-11-9-13(6-7-14(11)16)21(19,20)18-15(2,3)12-5-4-8-17-10-12/h4-10,18H,1-3H3. The van der Waals surface area contributed by atoms with E-state index in [0.717, 1.165) is 11.1 Å². The molecule has 4 nitrogen and oxygen atoms in total. The number of sulfonamides is 1. The molecule has 112 valence electrons. The van der Waals surface area contributed by atoms with Crippen molar-refractivity contribution in [1.82, 2.24) is 9.71 Å². The predicted molar refractivity (Wildman–Crippen MR) is 83.8 cm³/mol. The summed E-state index contributed by atoms with van der Waals surface area (Å²) in [4.78, 5) is 4.22. The smallest absolute Gasteiger partial charge is 0.241 e. The van der Waals surface area contributed by atoms with Crippen molar-refractivity contribution in [1.29, 1.82) is 0 Å². The molecule has 0 aliphatic carbocycles. The van der Waals surface area contributed by atoms with Crippen LogP contribution in [0.15, 0.2) is 47.6 Å². The Labute approximate surface area is 130 Å². The zero-order valence-electron chi connectivity index (χ0n) is 12.1. The maximum absolute atomic E-state index is 12.5. The number of hydrogen-bond acceptors (Lipinski definition) is 3. The Bertz CT molecular complexity index is 744. The van der Waals surface area contributed by atoms with Crippen LogP contribution in [-0.4, -0.2) is 13.4 Å². The second-order valence-corrected chi connectivity index (χ2v) is 7.47. The molecule has 0 amide bonds. The highest BCUT2D eigenvalue weighted by Crippen LogP contribution is 2.24. The van der Waals surface area contributed by atoms with Gasteiger partial charge in [0.15, 0.2) is 0 Å². The number of aromatic nitrogens is 1. The van der Waals surface area contributed by atoms with Crippen molar-refractivity contribution in [2.45, 2.75) is 31.2 Å². The summed E-state index contributed by atoms with van der Waals surface area (Å²) in [6, 6.07) is 8.25. The molecule has 0 atom stereocenters. The molecule has 6 heteroatoms. The van der Waals surface area contributed by atoms with Gasteiger partial charge >= 0.3 is 0 Å². The molecule has 1 N–H and O–H groups in total. The minimum absolute atomic E-state index is 0.196. The minimum Gasteiger partial charge on any atom is -0.264 e. The van der Waals surface area contributed by atoms with Gasteiger partial charge in [-0.2, -0.15) is 0 Å². The van der Waals surface area contributed by atoms with Crippen LogP contribution >= 0.6 is 11.6 Å². The van der Waals surface area contributed by atoms with Crippen molar-refractivity contribution in [2.24, 2.45) is 0 Å². The number of nitrogens with one attached hydrogen (secondary N) is 1. The Kier molecular flexibility index (Phi) is 4.37. The molecule has 0 saturated carbocycles. The van der Waals surface area contributed by atoms with Crippen LogP contribution < -0.4 is 4.72 Å². The first-order valence-electron chi connectivity index (χ1n) is 6.43. The molecule has 0 aliphatic heterocycles. The van der Waals surface area contributed by atoms with Crippen LogP contribution in [-0.2, 0) is 15.6 Å². The van der Waals surface area contributed by atoms with Crippen molar-refractivity contribution in [3.8, 4) is 0 Å². The number of aryl methyl sites for hydroxylation is 1. The van der Waals surface area contributed by atoms with E-state index in [1.807, 2.05) is 6.07 Å². The average Bonchev–Trinajstić information content (AvgIpc) is 2.41. The van der Waals surface area contributed by atoms with Crippen LogP contribution in [0.4, 0.5) is 0 Å². The van der Waals surface area contributed by atoms with Crippen LogP contribution in [0.2, 0.25) is 5.02 Å². The van der Waals surface area contributed by atoms with Gasteiger partial charge in [-0.1, -0.05) is 17.7 Å². The predicted octanol–water partition coefficient (Wildman–Crippen LogP) is 3.26. The lowest BCUT2D eigenvalue weighted by Crippen LogP contribution is -2.40. The zero-order valence-corrected chi connectivity index (χ0v) is 13.7. The molecule has 1 heterocycles. The van der Waals surface area contributed by atoms with Gasteiger partial charge in [0, 0.05) is 17.4 Å². The molecule has 0 unspecified atom stereocenters. The van der Waals surface area contributed by atoms with E-state index >= 15 is 0 Å². The molecule has 0 spiro atoms. The van der Waals surface area contributed by atoms with Crippen LogP contribution in [0, 0.1) is 6.92 Å². The van der Waals surface area contributed by atoms with Gasteiger partial charge in [-0.3, -0.25) is 4.98 Å². The molecule has 1 aromatic carbocycles. The summed E-state index contributed by atoms with van der Waals surface area (Å²) in [5.41, 5.74) is 0.749. The first-order chi connectivity index (χ1) is 9.72. The van der Waals surface area contributed by atoms with Crippen LogP contribution in [0.1, 0.15) is 25.0 Å². The lowest BCUT2D eigenvalue weighted by Gasteiger charge is -2.26. The number of halogens is 1. The number of rotatable bonds is 4. The number of pyridine rings is 1. The van der Waals surface area contributed by atoms with E-state index in [0.29, 0.717) is 5.02 Å². The molecule has 0 saturated heterocycles. The third kappa shape index (κ3) is 3.61. The lowest BCUT2D eigenvalue weighted by molar-refractivity contribution is 0.470. The van der Waals surface area contributed by atoms with Gasteiger partial charge < -0.3 is 0 Å². The van der Waals surface area contributed by atoms with Gasteiger partial charge in [0.05, 0.1) is 10.4 Å². The fourth-order valence-electron chi connectivity index (χ4n) is 1.97. The van der Waals surface area contributed by atoms with E-state index in [9.17, 15) is 8.42 Å². The molecular formula is C15H17ClN2O2S. The molecular weight excluding hydrogens is 308 g/mol. The normalized spacial score (nSPS) is 12.4. The fraction of sp³-hybridized carbons (Fsp3) is 0.267. The third-order valence-electron chi connectivity index (χ3n) is 3.21. The SMILES string of the molecule is Cc1cc(S(=O)(=O)NC(C)(C)c2cccnc2)ccc1Cl. The topological polar surface area (TPSA) is 59.1 Å². The molecule has 2 rings (SSSR count). The van der Waals surface area contributed by atoms with Crippen LogP contribution in [0.25, 0.3) is 0 Å². The highest BCUT2D eigenvalue weighted by Gasteiger charge is 2.28. The summed E-state index contributed by atoms with van der Waals surface area (Å²) in [7, 11) is -3.64. The van der Waals surface area contributed by atoms with Crippen molar-refractivity contribution >= 4 is 21.6 Å². The highest BCUT2D eigenvalue weighted by atomic mass is 35.5. The van der Waals surface area contributed by atoms with Crippen LogP contribution in [0.3, 0.4) is 0 Å². The molecule has 0 radical (unpaired) electrons. The average molecular weight is 325 g/mol. The third-order valence-corrected chi connectivity index (χ3v) is 5.29. The van der Waals surface area contributed by atoms with E-state index in [4.69, 9.17) is 11.6 Å².